The van der Waals surface area contributed by atoms with E-state index in [2.05, 4.69) is 123 Å². The van der Waals surface area contributed by atoms with Crippen molar-refractivity contribution in [1.82, 2.24) is 0 Å². The molecular formula is C52H89NO7P+. The van der Waals surface area contributed by atoms with Crippen LogP contribution in [0.5, 0.6) is 0 Å². The summed E-state index contributed by atoms with van der Waals surface area (Å²) >= 11 is 0. The summed E-state index contributed by atoms with van der Waals surface area (Å²) in [6.45, 7) is 5.29. The van der Waals surface area contributed by atoms with Crippen LogP contribution in [0.3, 0.4) is 0 Å². The smallest absolute Gasteiger partial charge is 0.457 e. The van der Waals surface area contributed by atoms with E-state index < -0.39 is 13.9 Å². The third kappa shape index (κ3) is 48.1. The van der Waals surface area contributed by atoms with Gasteiger partial charge in [0, 0.05) is 13.0 Å². The number of rotatable bonds is 42. The molecule has 8 nitrogen and oxygen atoms in total. The lowest BCUT2D eigenvalue weighted by molar-refractivity contribution is -0.870. The second-order valence-corrected chi connectivity index (χ2v) is 17.8. The van der Waals surface area contributed by atoms with Gasteiger partial charge in [-0.05, 0) is 96.3 Å². The van der Waals surface area contributed by atoms with Crippen LogP contribution in [0.25, 0.3) is 0 Å². The standard InChI is InChI=1S/C52H88NO7P/c1-6-8-10-12-14-16-18-20-22-24-26-28-30-32-34-36-38-40-42-44-47-57-49-51(50-59-61(55,56)58-48-46-53(3,4)5)60-52(54)45-43-41-39-37-35-33-31-29-27-25-23-21-19-17-15-13-11-9-7-2/h8-11,14-17,20-23,26-29,33,35,51H,6-7,12-13,18-19,24-25,30-32,34,36-50H2,1-5H3/p+1/b10-8-,11-9-,16-14-,17-15-,22-20-,23-21-,28-26-,29-27-,35-33-. The first-order valence-electron chi connectivity index (χ1n) is 23.6. The molecular weight excluding hydrogens is 782 g/mol. The van der Waals surface area contributed by atoms with Gasteiger partial charge in [0.25, 0.3) is 0 Å². The van der Waals surface area contributed by atoms with Crippen LogP contribution in [-0.2, 0) is 27.9 Å². The van der Waals surface area contributed by atoms with Gasteiger partial charge in [-0.3, -0.25) is 13.8 Å². The van der Waals surface area contributed by atoms with Gasteiger partial charge in [-0.25, -0.2) is 4.57 Å². The molecule has 0 aliphatic carbocycles. The maximum absolute atomic E-state index is 12.7. The van der Waals surface area contributed by atoms with Crippen LogP contribution >= 0.6 is 7.82 Å². The Hall–Kier alpha value is -2.84. The quantitative estimate of drug-likeness (QED) is 0.0215. The van der Waals surface area contributed by atoms with E-state index in [-0.39, 0.29) is 32.2 Å². The van der Waals surface area contributed by atoms with Crippen LogP contribution in [0.15, 0.2) is 109 Å². The molecule has 0 heterocycles. The molecule has 0 fully saturated rings. The van der Waals surface area contributed by atoms with Gasteiger partial charge in [0.05, 0.1) is 34.4 Å². The summed E-state index contributed by atoms with van der Waals surface area (Å²) in [7, 11) is 1.62. The van der Waals surface area contributed by atoms with Crippen LogP contribution in [-0.4, -0.2) is 75.6 Å². The number of nitrogens with zero attached hydrogens (tertiary/aromatic N) is 1. The fourth-order valence-electron chi connectivity index (χ4n) is 5.75. The van der Waals surface area contributed by atoms with E-state index in [4.69, 9.17) is 18.5 Å². The van der Waals surface area contributed by atoms with E-state index in [0.717, 1.165) is 109 Å². The Kier molecular flexibility index (Phi) is 41.8. The number of quaternary nitrogens is 1. The lowest BCUT2D eigenvalue weighted by Crippen LogP contribution is -2.37. The predicted molar refractivity (Wildman–Crippen MR) is 261 cm³/mol. The Morgan fingerprint density at radius 2 is 0.902 bits per heavy atom. The third-order valence-electron chi connectivity index (χ3n) is 9.33. The number of esters is 1. The van der Waals surface area contributed by atoms with Gasteiger partial charge < -0.3 is 18.9 Å². The molecule has 0 aromatic heterocycles. The summed E-state index contributed by atoms with van der Waals surface area (Å²) in [5.41, 5.74) is 0. The van der Waals surface area contributed by atoms with Gasteiger partial charge in [0.15, 0.2) is 0 Å². The van der Waals surface area contributed by atoms with E-state index in [1.165, 1.54) is 25.7 Å². The first kappa shape index (κ1) is 58.2. The molecule has 0 aromatic rings. The van der Waals surface area contributed by atoms with Gasteiger partial charge in [0.2, 0.25) is 0 Å². The van der Waals surface area contributed by atoms with Crippen LogP contribution in [0, 0.1) is 0 Å². The Morgan fingerprint density at radius 1 is 0.508 bits per heavy atom. The van der Waals surface area contributed by atoms with Crippen LogP contribution in [0.2, 0.25) is 0 Å². The molecule has 61 heavy (non-hydrogen) atoms. The van der Waals surface area contributed by atoms with Gasteiger partial charge in [0.1, 0.15) is 19.3 Å². The molecule has 0 radical (unpaired) electrons. The molecule has 0 saturated carbocycles. The third-order valence-corrected chi connectivity index (χ3v) is 10.3. The zero-order valence-corrected chi connectivity index (χ0v) is 40.2. The summed E-state index contributed by atoms with van der Waals surface area (Å²) in [6, 6.07) is 0. The molecule has 9 heteroatoms. The lowest BCUT2D eigenvalue weighted by atomic mass is 10.1. The van der Waals surface area contributed by atoms with Crippen LogP contribution in [0.1, 0.15) is 155 Å². The maximum atomic E-state index is 12.7. The van der Waals surface area contributed by atoms with E-state index in [1.54, 1.807) is 0 Å². The van der Waals surface area contributed by atoms with Crippen molar-refractivity contribution in [1.29, 1.82) is 0 Å². The molecule has 1 N–H and O–H groups in total. The van der Waals surface area contributed by atoms with Crippen molar-refractivity contribution in [3.8, 4) is 0 Å². The average molecular weight is 871 g/mol. The van der Waals surface area contributed by atoms with Gasteiger partial charge in [-0.15, -0.1) is 0 Å². The van der Waals surface area contributed by atoms with Crippen molar-refractivity contribution < 1.29 is 37.3 Å². The second kappa shape index (κ2) is 43.8. The molecule has 2 unspecified atom stereocenters. The fourth-order valence-corrected chi connectivity index (χ4v) is 6.49. The number of phosphoric acid groups is 1. The fraction of sp³-hybridized carbons (Fsp3) is 0.635. The molecule has 0 bridgehead atoms. The second-order valence-electron chi connectivity index (χ2n) is 16.4. The minimum atomic E-state index is -4.30. The Labute approximate surface area is 374 Å². The number of phosphoric ester groups is 1. The molecule has 0 spiro atoms. The summed E-state index contributed by atoms with van der Waals surface area (Å²) < 4.78 is 35.0. The predicted octanol–water partition coefficient (Wildman–Crippen LogP) is 14.4. The Morgan fingerprint density at radius 3 is 1.34 bits per heavy atom. The monoisotopic (exact) mass is 871 g/mol. The molecule has 0 saturated heterocycles. The summed E-state index contributed by atoms with van der Waals surface area (Å²) in [5.74, 6) is -0.354. The Balaban J connectivity index is 4.32. The number of carbonyl (C=O) groups excluding carboxylic acids is 1. The number of unbranched alkanes of at least 4 members (excludes halogenated alkanes) is 10. The van der Waals surface area contributed by atoms with E-state index >= 15 is 0 Å². The number of carbonyl (C=O) groups is 1. The zero-order valence-electron chi connectivity index (χ0n) is 39.4. The van der Waals surface area contributed by atoms with E-state index in [0.29, 0.717) is 17.6 Å². The van der Waals surface area contributed by atoms with Crippen LogP contribution < -0.4 is 0 Å². The lowest BCUT2D eigenvalue weighted by Gasteiger charge is -2.24. The molecule has 0 rings (SSSR count). The number of hydrogen-bond acceptors (Lipinski definition) is 6. The number of allylic oxidation sites excluding steroid dienone is 18. The summed E-state index contributed by atoms with van der Waals surface area (Å²) in [5, 5.41) is 0. The van der Waals surface area contributed by atoms with E-state index in [1.807, 2.05) is 21.1 Å². The minimum absolute atomic E-state index is 0.0726. The SMILES string of the molecule is CC/C=C\C/C=C\C/C=C\C/C=C\C/C=C\CCCCCC(=O)OC(COCCCCCCCCC/C=C\C/C=C\C/C=C\C/C=C\CC)COP(=O)(O)OCC[N+](C)(C)C. The maximum Gasteiger partial charge on any atom is 0.472 e. The zero-order chi connectivity index (χ0) is 44.8. The van der Waals surface area contributed by atoms with Crippen molar-refractivity contribution in [2.45, 2.75) is 161 Å². The Bertz CT molecular complexity index is 1340. The number of hydrogen-bond donors (Lipinski definition) is 1. The van der Waals surface area contributed by atoms with E-state index in [9.17, 15) is 14.3 Å². The van der Waals surface area contributed by atoms with Crippen molar-refractivity contribution in [2.75, 3.05) is 54.1 Å². The molecule has 2 atom stereocenters. The highest BCUT2D eigenvalue weighted by atomic mass is 31.2. The first-order valence-corrected chi connectivity index (χ1v) is 25.1. The van der Waals surface area contributed by atoms with Crippen molar-refractivity contribution >= 4 is 13.8 Å². The largest absolute Gasteiger partial charge is 0.472 e. The molecule has 0 amide bonds. The minimum Gasteiger partial charge on any atom is -0.457 e. The van der Waals surface area contributed by atoms with Crippen molar-refractivity contribution in [3.63, 3.8) is 0 Å². The summed E-state index contributed by atoms with van der Waals surface area (Å²) in [6.07, 6.45) is 61.3. The first-order chi connectivity index (χ1) is 29.6. The van der Waals surface area contributed by atoms with Gasteiger partial charge >= 0.3 is 13.8 Å². The highest BCUT2D eigenvalue weighted by Crippen LogP contribution is 2.43. The highest BCUT2D eigenvalue weighted by molar-refractivity contribution is 7.47. The van der Waals surface area contributed by atoms with Crippen molar-refractivity contribution in [2.24, 2.45) is 0 Å². The average Bonchev–Trinajstić information content (AvgIpc) is 3.22. The molecule has 0 aromatic carbocycles. The topological polar surface area (TPSA) is 91.3 Å². The number of ether oxygens (including phenoxy) is 2. The van der Waals surface area contributed by atoms with Gasteiger partial charge in [-0.2, -0.15) is 0 Å². The molecule has 0 aliphatic rings. The van der Waals surface area contributed by atoms with Gasteiger partial charge in [-0.1, -0.05) is 162 Å². The molecule has 348 valence electrons. The highest BCUT2D eigenvalue weighted by Gasteiger charge is 2.26. The normalized spacial score (nSPS) is 14.7. The van der Waals surface area contributed by atoms with Crippen LogP contribution in [0.4, 0.5) is 0 Å². The summed E-state index contributed by atoms with van der Waals surface area (Å²) in [4.78, 5) is 22.9. The molecule has 0 aliphatic heterocycles. The van der Waals surface area contributed by atoms with Crippen molar-refractivity contribution in [3.05, 3.63) is 109 Å². The number of likely N-dealkylation sites (N-methyl/N-ethyl adjacent to an activating group) is 1.